The van der Waals surface area contributed by atoms with Gasteiger partial charge in [-0.15, -0.1) is 0 Å². The monoisotopic (exact) mass is 535 g/mol. The summed E-state index contributed by atoms with van der Waals surface area (Å²) in [5, 5.41) is 4.20. The lowest BCUT2D eigenvalue weighted by molar-refractivity contribution is 0.670. The standard InChI is InChI=1S/C38H21N3O/c1-39-27-16-17-36-33(23-27)31-11-6-7-14-35(31)41(36)29-20-26(19-28(22-29)40-2)25-15-18-37-34(21-25)32-13-8-12-30(38(32)42-37)24-9-4-3-5-10-24/h3-23H. The van der Waals surface area contributed by atoms with Gasteiger partial charge in [0.15, 0.2) is 11.4 Å². The maximum absolute atomic E-state index is 7.89. The molecule has 4 nitrogen and oxygen atoms in total. The van der Waals surface area contributed by atoms with Crippen LogP contribution in [0.25, 0.3) is 81.4 Å². The molecule has 2 heterocycles. The van der Waals surface area contributed by atoms with Crippen molar-refractivity contribution < 1.29 is 4.42 Å². The first-order valence-electron chi connectivity index (χ1n) is 13.7. The van der Waals surface area contributed by atoms with Gasteiger partial charge < -0.3 is 8.98 Å². The molecule has 0 fully saturated rings. The fourth-order valence-corrected chi connectivity index (χ4v) is 6.09. The second-order valence-electron chi connectivity index (χ2n) is 10.4. The lowest BCUT2D eigenvalue weighted by Gasteiger charge is -2.12. The zero-order valence-electron chi connectivity index (χ0n) is 22.4. The summed E-state index contributed by atoms with van der Waals surface area (Å²) in [5.41, 5.74) is 9.97. The van der Waals surface area contributed by atoms with Gasteiger partial charge in [0.1, 0.15) is 11.2 Å². The van der Waals surface area contributed by atoms with E-state index in [9.17, 15) is 0 Å². The number of hydrogen-bond acceptors (Lipinski definition) is 1. The normalized spacial score (nSPS) is 11.3. The fourth-order valence-electron chi connectivity index (χ4n) is 6.09. The van der Waals surface area contributed by atoms with Crippen molar-refractivity contribution in [3.05, 3.63) is 150 Å². The van der Waals surface area contributed by atoms with E-state index in [2.05, 4.69) is 74.9 Å². The molecule has 0 atom stereocenters. The first-order valence-corrected chi connectivity index (χ1v) is 13.7. The Labute approximate surface area is 241 Å². The van der Waals surface area contributed by atoms with Crippen LogP contribution in [0, 0.1) is 13.1 Å². The van der Waals surface area contributed by atoms with Crippen molar-refractivity contribution >= 4 is 55.1 Å². The first kappa shape index (κ1) is 23.8. The molecule has 6 aromatic carbocycles. The molecule has 0 unspecified atom stereocenters. The predicted octanol–water partition coefficient (Wildman–Crippen LogP) is 11.1. The summed E-state index contributed by atoms with van der Waals surface area (Å²) in [7, 11) is 0. The highest BCUT2D eigenvalue weighted by Crippen LogP contribution is 2.40. The van der Waals surface area contributed by atoms with Crippen LogP contribution in [0.4, 0.5) is 11.4 Å². The number of benzene rings is 6. The van der Waals surface area contributed by atoms with Gasteiger partial charge in [-0.1, -0.05) is 78.9 Å². The number of rotatable bonds is 3. The van der Waals surface area contributed by atoms with Gasteiger partial charge in [-0.2, -0.15) is 0 Å². The van der Waals surface area contributed by atoms with Crippen molar-refractivity contribution in [2.24, 2.45) is 0 Å². The minimum absolute atomic E-state index is 0.565. The van der Waals surface area contributed by atoms with E-state index >= 15 is 0 Å². The molecule has 0 aliphatic heterocycles. The maximum Gasteiger partial charge on any atom is 0.189 e. The van der Waals surface area contributed by atoms with E-state index in [1.54, 1.807) is 0 Å². The second kappa shape index (κ2) is 9.24. The van der Waals surface area contributed by atoms with Crippen LogP contribution in [-0.2, 0) is 0 Å². The zero-order valence-corrected chi connectivity index (χ0v) is 22.4. The van der Waals surface area contributed by atoms with Crippen molar-refractivity contribution in [2.45, 2.75) is 0 Å². The largest absolute Gasteiger partial charge is 0.455 e. The Morgan fingerprint density at radius 3 is 2.14 bits per heavy atom. The van der Waals surface area contributed by atoms with Crippen LogP contribution in [0.5, 0.6) is 0 Å². The van der Waals surface area contributed by atoms with E-state index in [4.69, 9.17) is 17.6 Å². The lowest BCUT2D eigenvalue weighted by Crippen LogP contribution is -1.94. The number of para-hydroxylation sites is 2. The molecular formula is C38H21N3O. The van der Waals surface area contributed by atoms with Gasteiger partial charge in [-0.3, -0.25) is 0 Å². The van der Waals surface area contributed by atoms with E-state index in [1.807, 2.05) is 66.7 Å². The van der Waals surface area contributed by atoms with Crippen LogP contribution in [-0.4, -0.2) is 4.57 Å². The third-order valence-electron chi connectivity index (χ3n) is 7.99. The SMILES string of the molecule is [C-]#[N+]c1cc(-c2ccc3oc4c(-c5ccccc5)cccc4c3c2)cc(-n2c3ccccc3c3cc([N+]#[C-])ccc32)c1. The summed E-state index contributed by atoms with van der Waals surface area (Å²) in [6.07, 6.45) is 0. The molecule has 0 amide bonds. The quantitative estimate of drug-likeness (QED) is 0.207. The number of hydrogen-bond donors (Lipinski definition) is 0. The Hall–Kier alpha value is -6.10. The summed E-state index contributed by atoms with van der Waals surface area (Å²) in [6.45, 7) is 15.4. The van der Waals surface area contributed by atoms with Crippen LogP contribution in [0.1, 0.15) is 0 Å². The predicted molar refractivity (Wildman–Crippen MR) is 171 cm³/mol. The van der Waals surface area contributed by atoms with Gasteiger partial charge in [0.05, 0.1) is 24.2 Å². The third-order valence-corrected chi connectivity index (χ3v) is 7.99. The summed E-state index contributed by atoms with van der Waals surface area (Å²) < 4.78 is 8.59. The van der Waals surface area contributed by atoms with Crippen LogP contribution < -0.4 is 0 Å². The van der Waals surface area contributed by atoms with Crippen LogP contribution >= 0.6 is 0 Å². The minimum Gasteiger partial charge on any atom is -0.455 e. The van der Waals surface area contributed by atoms with E-state index in [0.717, 1.165) is 71.7 Å². The second-order valence-corrected chi connectivity index (χ2v) is 10.4. The molecule has 8 aromatic rings. The molecule has 0 radical (unpaired) electrons. The molecule has 0 saturated carbocycles. The molecule has 8 rings (SSSR count). The molecule has 194 valence electrons. The summed E-state index contributed by atoms with van der Waals surface area (Å²) in [5.74, 6) is 0. The number of nitrogens with zero attached hydrogens (tertiary/aromatic N) is 3. The molecular weight excluding hydrogens is 514 g/mol. The number of fused-ring (bicyclic) bond motifs is 6. The average molecular weight is 536 g/mol. The van der Waals surface area contributed by atoms with Crippen molar-refractivity contribution in [3.63, 3.8) is 0 Å². The Morgan fingerprint density at radius 2 is 1.29 bits per heavy atom. The van der Waals surface area contributed by atoms with Crippen molar-refractivity contribution in [1.82, 2.24) is 4.57 Å². The Bertz CT molecular complexity index is 2430. The smallest absolute Gasteiger partial charge is 0.189 e. The summed E-state index contributed by atoms with van der Waals surface area (Å²) in [6, 6.07) is 42.9. The van der Waals surface area contributed by atoms with E-state index in [-0.39, 0.29) is 0 Å². The number of furan rings is 1. The topological polar surface area (TPSA) is 26.8 Å². The molecule has 0 saturated heterocycles. The van der Waals surface area contributed by atoms with Gasteiger partial charge in [0.2, 0.25) is 0 Å². The molecule has 0 aliphatic carbocycles. The van der Waals surface area contributed by atoms with Gasteiger partial charge in [-0.05, 0) is 70.6 Å². The van der Waals surface area contributed by atoms with Gasteiger partial charge in [-0.25, -0.2) is 9.69 Å². The van der Waals surface area contributed by atoms with E-state index in [1.165, 1.54) is 0 Å². The Morgan fingerprint density at radius 1 is 0.500 bits per heavy atom. The summed E-state index contributed by atoms with van der Waals surface area (Å²) >= 11 is 0. The molecule has 0 bridgehead atoms. The highest BCUT2D eigenvalue weighted by atomic mass is 16.3. The van der Waals surface area contributed by atoms with Crippen LogP contribution in [0.15, 0.2) is 132 Å². The molecule has 0 N–H and O–H groups in total. The van der Waals surface area contributed by atoms with Gasteiger partial charge >= 0.3 is 0 Å². The Balaban J connectivity index is 1.34. The van der Waals surface area contributed by atoms with Crippen molar-refractivity contribution in [2.75, 3.05) is 0 Å². The van der Waals surface area contributed by atoms with Gasteiger partial charge in [0.25, 0.3) is 0 Å². The summed E-state index contributed by atoms with van der Waals surface area (Å²) in [4.78, 5) is 7.49. The number of aromatic nitrogens is 1. The van der Waals surface area contributed by atoms with Crippen LogP contribution in [0.3, 0.4) is 0 Å². The maximum atomic E-state index is 7.89. The van der Waals surface area contributed by atoms with Crippen molar-refractivity contribution in [1.29, 1.82) is 0 Å². The molecule has 0 spiro atoms. The van der Waals surface area contributed by atoms with E-state index in [0.29, 0.717) is 11.4 Å². The average Bonchev–Trinajstić information content (AvgIpc) is 3.60. The fraction of sp³-hybridized carbons (Fsp3) is 0. The van der Waals surface area contributed by atoms with Crippen LogP contribution in [0.2, 0.25) is 0 Å². The zero-order chi connectivity index (χ0) is 28.2. The first-order chi connectivity index (χ1) is 20.7. The molecule has 4 heteroatoms. The minimum atomic E-state index is 0.565. The molecule has 0 aliphatic rings. The molecule has 2 aromatic heterocycles. The Kier molecular flexibility index (Phi) is 5.22. The molecule has 42 heavy (non-hydrogen) atoms. The third kappa shape index (κ3) is 3.60. The lowest BCUT2D eigenvalue weighted by atomic mass is 9.99. The van der Waals surface area contributed by atoms with Gasteiger partial charge in [0, 0.05) is 27.4 Å². The highest BCUT2D eigenvalue weighted by molar-refractivity contribution is 6.12. The van der Waals surface area contributed by atoms with Crippen molar-refractivity contribution in [3.8, 4) is 27.9 Å². The highest BCUT2D eigenvalue weighted by Gasteiger charge is 2.16. The van der Waals surface area contributed by atoms with E-state index < -0.39 is 0 Å².